The van der Waals surface area contributed by atoms with E-state index in [0.717, 1.165) is 23.5 Å². The lowest BCUT2D eigenvalue weighted by Gasteiger charge is -2.18. The van der Waals surface area contributed by atoms with Crippen molar-refractivity contribution in [2.45, 2.75) is 25.7 Å². The third-order valence-electron chi connectivity index (χ3n) is 5.62. The Balaban J connectivity index is 1.37. The first-order valence-electron chi connectivity index (χ1n) is 9.01. The minimum Gasteiger partial charge on any atom is -0.356 e. The molecular weight excluding hydrogens is 314 g/mol. The predicted molar refractivity (Wildman–Crippen MR) is 97.2 cm³/mol. The number of carbonyl (C=O) groups is 1. The Morgan fingerprint density at radius 2 is 2.12 bits per heavy atom. The minimum absolute atomic E-state index is 0.00349. The van der Waals surface area contributed by atoms with Gasteiger partial charge in [-0.05, 0) is 42.7 Å². The molecule has 2 aliphatic rings. The normalized spacial score (nSPS) is 24.1. The molecule has 0 aliphatic heterocycles. The monoisotopic (exact) mass is 337 g/mol. The Morgan fingerprint density at radius 1 is 1.28 bits per heavy atom. The fourth-order valence-electron chi connectivity index (χ4n) is 4.20. The molecule has 1 amide bonds. The molecule has 2 aliphatic carbocycles. The molecule has 0 radical (unpaired) electrons. The SMILES string of the molecule is Cn1c(=O)c(CCC(=O)NCC2CC3C=CC2C3)nc2ccccc21. The van der Waals surface area contributed by atoms with Crippen LogP contribution in [0.25, 0.3) is 11.0 Å². The molecule has 2 aromatic rings. The van der Waals surface area contributed by atoms with Gasteiger partial charge in [0.1, 0.15) is 5.69 Å². The van der Waals surface area contributed by atoms with Crippen molar-refractivity contribution in [2.24, 2.45) is 24.8 Å². The van der Waals surface area contributed by atoms with Crippen LogP contribution in [0.4, 0.5) is 0 Å². The van der Waals surface area contributed by atoms with Crippen LogP contribution in [0.15, 0.2) is 41.2 Å². The van der Waals surface area contributed by atoms with Crippen molar-refractivity contribution in [3.63, 3.8) is 0 Å². The molecule has 4 rings (SSSR count). The number of allylic oxidation sites excluding steroid dienone is 2. The number of carbonyl (C=O) groups excluding carboxylic acids is 1. The number of nitrogens with one attached hydrogen (secondary N) is 1. The minimum atomic E-state index is -0.121. The van der Waals surface area contributed by atoms with Gasteiger partial charge in [-0.2, -0.15) is 0 Å². The summed E-state index contributed by atoms with van der Waals surface area (Å²) in [5, 5.41) is 3.04. The van der Waals surface area contributed by atoms with Crippen LogP contribution in [0.5, 0.6) is 0 Å². The second-order valence-electron chi connectivity index (χ2n) is 7.26. The molecule has 25 heavy (non-hydrogen) atoms. The maximum Gasteiger partial charge on any atom is 0.272 e. The maximum atomic E-state index is 12.4. The van der Waals surface area contributed by atoms with Crippen molar-refractivity contribution in [1.29, 1.82) is 0 Å². The molecule has 5 nitrogen and oxygen atoms in total. The molecular formula is C20H23N3O2. The molecule has 1 aromatic carbocycles. The number of fused-ring (bicyclic) bond motifs is 3. The molecule has 0 spiro atoms. The lowest BCUT2D eigenvalue weighted by Crippen LogP contribution is -2.32. The fourth-order valence-corrected chi connectivity index (χ4v) is 4.20. The Bertz CT molecular complexity index is 899. The highest BCUT2D eigenvalue weighted by Crippen LogP contribution is 2.42. The standard InChI is InChI=1S/C20H23N3O2/c1-23-18-5-3-2-4-16(18)22-17(20(23)25)8-9-19(24)21-12-15-11-13-6-7-14(15)10-13/h2-7,13-15H,8-12H2,1H3,(H,21,24). The summed E-state index contributed by atoms with van der Waals surface area (Å²) in [5.41, 5.74) is 1.93. The van der Waals surface area contributed by atoms with Crippen molar-refractivity contribution in [2.75, 3.05) is 6.54 Å². The first kappa shape index (κ1) is 16.1. The number of hydrogen-bond donors (Lipinski definition) is 1. The van der Waals surface area contributed by atoms with Gasteiger partial charge in [0.25, 0.3) is 5.56 Å². The van der Waals surface area contributed by atoms with Gasteiger partial charge in [0.05, 0.1) is 11.0 Å². The quantitative estimate of drug-likeness (QED) is 0.851. The molecule has 1 fully saturated rings. The molecule has 130 valence electrons. The van der Waals surface area contributed by atoms with Crippen LogP contribution >= 0.6 is 0 Å². The van der Waals surface area contributed by atoms with E-state index in [2.05, 4.69) is 22.5 Å². The summed E-state index contributed by atoms with van der Waals surface area (Å²) >= 11 is 0. The number of para-hydroxylation sites is 2. The van der Waals surface area contributed by atoms with Gasteiger partial charge in [-0.25, -0.2) is 4.98 Å². The van der Waals surface area contributed by atoms with Crippen molar-refractivity contribution >= 4 is 16.9 Å². The van der Waals surface area contributed by atoms with Gasteiger partial charge in [0, 0.05) is 26.4 Å². The highest BCUT2D eigenvalue weighted by Gasteiger charge is 2.35. The van der Waals surface area contributed by atoms with E-state index in [-0.39, 0.29) is 11.5 Å². The van der Waals surface area contributed by atoms with Crippen LogP contribution in [-0.4, -0.2) is 22.0 Å². The summed E-state index contributed by atoms with van der Waals surface area (Å²) in [4.78, 5) is 29.0. The molecule has 5 heteroatoms. The molecule has 2 bridgehead atoms. The van der Waals surface area contributed by atoms with E-state index in [4.69, 9.17) is 0 Å². The number of aromatic nitrogens is 2. The number of benzene rings is 1. The molecule has 1 heterocycles. The van der Waals surface area contributed by atoms with Gasteiger partial charge in [-0.1, -0.05) is 24.3 Å². The molecule has 1 N–H and O–H groups in total. The van der Waals surface area contributed by atoms with Crippen LogP contribution in [0, 0.1) is 17.8 Å². The number of nitrogens with zero attached hydrogens (tertiary/aromatic N) is 2. The summed E-state index contributed by atoms with van der Waals surface area (Å²) in [5.74, 6) is 1.94. The smallest absolute Gasteiger partial charge is 0.272 e. The van der Waals surface area contributed by atoms with E-state index in [1.54, 1.807) is 11.6 Å². The number of amides is 1. The molecule has 3 atom stereocenters. The Morgan fingerprint density at radius 3 is 2.88 bits per heavy atom. The van der Waals surface area contributed by atoms with Gasteiger partial charge < -0.3 is 9.88 Å². The fraction of sp³-hybridized carbons (Fsp3) is 0.450. The van der Waals surface area contributed by atoms with Gasteiger partial charge >= 0.3 is 0 Å². The summed E-state index contributed by atoms with van der Waals surface area (Å²) in [6, 6.07) is 7.56. The van der Waals surface area contributed by atoms with E-state index in [1.165, 1.54) is 12.8 Å². The topological polar surface area (TPSA) is 64.0 Å². The summed E-state index contributed by atoms with van der Waals surface area (Å²) in [6.07, 6.45) is 7.72. The van der Waals surface area contributed by atoms with Crippen LogP contribution in [0.2, 0.25) is 0 Å². The Kier molecular flexibility index (Phi) is 4.15. The third-order valence-corrected chi connectivity index (χ3v) is 5.62. The van der Waals surface area contributed by atoms with Crippen molar-refractivity contribution in [3.8, 4) is 0 Å². The van der Waals surface area contributed by atoms with Crippen molar-refractivity contribution in [3.05, 3.63) is 52.5 Å². The van der Waals surface area contributed by atoms with Crippen molar-refractivity contribution in [1.82, 2.24) is 14.9 Å². The van der Waals surface area contributed by atoms with Crippen LogP contribution in [0.3, 0.4) is 0 Å². The zero-order chi connectivity index (χ0) is 17.4. The zero-order valence-corrected chi connectivity index (χ0v) is 14.4. The largest absolute Gasteiger partial charge is 0.356 e. The molecule has 3 unspecified atom stereocenters. The number of aryl methyl sites for hydroxylation is 2. The van der Waals surface area contributed by atoms with E-state index in [9.17, 15) is 9.59 Å². The van der Waals surface area contributed by atoms with Crippen LogP contribution in [-0.2, 0) is 18.3 Å². The Hall–Kier alpha value is -2.43. The van der Waals surface area contributed by atoms with E-state index in [1.807, 2.05) is 24.3 Å². The van der Waals surface area contributed by atoms with Gasteiger partial charge in [-0.3, -0.25) is 9.59 Å². The number of rotatable bonds is 5. The lowest BCUT2D eigenvalue weighted by atomic mass is 9.93. The third kappa shape index (κ3) is 3.11. The highest BCUT2D eigenvalue weighted by atomic mass is 16.1. The molecule has 0 saturated heterocycles. The Labute approximate surface area is 146 Å². The van der Waals surface area contributed by atoms with E-state index < -0.39 is 0 Å². The predicted octanol–water partition coefficient (Wildman–Crippen LogP) is 2.19. The second kappa shape index (κ2) is 6.47. The molecule has 1 aromatic heterocycles. The highest BCUT2D eigenvalue weighted by molar-refractivity contribution is 5.77. The average molecular weight is 337 g/mol. The first-order chi connectivity index (χ1) is 12.1. The molecule has 1 saturated carbocycles. The zero-order valence-electron chi connectivity index (χ0n) is 14.4. The van der Waals surface area contributed by atoms with Crippen LogP contribution in [0.1, 0.15) is 25.0 Å². The summed E-state index contributed by atoms with van der Waals surface area (Å²) < 4.78 is 1.61. The lowest BCUT2D eigenvalue weighted by molar-refractivity contribution is -0.121. The maximum absolute atomic E-state index is 12.4. The number of hydrogen-bond acceptors (Lipinski definition) is 3. The van der Waals surface area contributed by atoms with Gasteiger partial charge in [0.15, 0.2) is 0 Å². The summed E-state index contributed by atoms with van der Waals surface area (Å²) in [6.45, 7) is 0.744. The van der Waals surface area contributed by atoms with Crippen molar-refractivity contribution < 1.29 is 4.79 Å². The van der Waals surface area contributed by atoms with Crippen LogP contribution < -0.4 is 10.9 Å². The van der Waals surface area contributed by atoms with E-state index >= 15 is 0 Å². The van der Waals surface area contributed by atoms with Gasteiger partial charge in [-0.15, -0.1) is 0 Å². The second-order valence-corrected chi connectivity index (χ2v) is 7.26. The van der Waals surface area contributed by atoms with E-state index in [0.29, 0.717) is 30.4 Å². The first-order valence-corrected chi connectivity index (χ1v) is 9.01. The summed E-state index contributed by atoms with van der Waals surface area (Å²) in [7, 11) is 1.75. The average Bonchev–Trinajstić information content (AvgIpc) is 3.25. The van der Waals surface area contributed by atoms with Gasteiger partial charge in [0.2, 0.25) is 5.91 Å².